The van der Waals surface area contributed by atoms with Crippen molar-refractivity contribution in [3.8, 4) is 0 Å². The van der Waals surface area contributed by atoms with Gasteiger partial charge in [-0.2, -0.15) is 13.2 Å². The second kappa shape index (κ2) is 9.42. The summed E-state index contributed by atoms with van der Waals surface area (Å²) in [5, 5.41) is 5.33. The third kappa shape index (κ3) is 6.40. The first-order valence-electron chi connectivity index (χ1n) is 9.29. The Morgan fingerprint density at radius 3 is 2.23 bits per heavy atom. The molecule has 3 aromatic rings. The second-order valence-corrected chi connectivity index (χ2v) is 6.81. The zero-order chi connectivity index (χ0) is 22.4. The number of nitrogens with one attached hydrogen (secondary N) is 2. The van der Waals surface area contributed by atoms with E-state index >= 15 is 0 Å². The monoisotopic (exact) mass is 430 g/mol. The lowest BCUT2D eigenvalue weighted by Gasteiger charge is -2.10. The van der Waals surface area contributed by atoms with Crippen LogP contribution in [0, 0.1) is 5.82 Å². The van der Waals surface area contributed by atoms with Crippen LogP contribution in [0.5, 0.6) is 0 Å². The van der Waals surface area contributed by atoms with E-state index in [-0.39, 0.29) is 18.5 Å². The molecule has 0 radical (unpaired) electrons. The molecule has 2 N–H and O–H groups in total. The minimum Gasteiger partial charge on any atom is -0.352 e. The van der Waals surface area contributed by atoms with E-state index in [9.17, 15) is 27.2 Å². The van der Waals surface area contributed by atoms with Gasteiger partial charge in [0.05, 0.1) is 12.0 Å². The van der Waals surface area contributed by atoms with Gasteiger partial charge in [0.1, 0.15) is 5.82 Å². The number of hydrogen-bond acceptors (Lipinski definition) is 2. The van der Waals surface area contributed by atoms with E-state index < -0.39 is 29.4 Å². The first-order valence-corrected chi connectivity index (χ1v) is 9.29. The van der Waals surface area contributed by atoms with Crippen LogP contribution in [-0.4, -0.2) is 11.8 Å². The van der Waals surface area contributed by atoms with Crippen molar-refractivity contribution < 1.29 is 27.2 Å². The van der Waals surface area contributed by atoms with Crippen molar-refractivity contribution in [2.45, 2.75) is 19.1 Å². The zero-order valence-electron chi connectivity index (χ0n) is 16.2. The van der Waals surface area contributed by atoms with Crippen molar-refractivity contribution in [3.05, 3.63) is 101 Å². The molecule has 0 aliphatic heterocycles. The second-order valence-electron chi connectivity index (χ2n) is 6.81. The number of anilines is 1. The fourth-order valence-electron chi connectivity index (χ4n) is 2.87. The Morgan fingerprint density at radius 1 is 0.839 bits per heavy atom. The van der Waals surface area contributed by atoms with Crippen molar-refractivity contribution in [3.63, 3.8) is 0 Å². The topological polar surface area (TPSA) is 58.2 Å². The fourth-order valence-corrected chi connectivity index (χ4v) is 2.87. The van der Waals surface area contributed by atoms with Gasteiger partial charge in [0, 0.05) is 17.8 Å². The molecule has 0 saturated heterocycles. The smallest absolute Gasteiger partial charge is 0.352 e. The highest BCUT2D eigenvalue weighted by Crippen LogP contribution is 2.29. The first kappa shape index (κ1) is 22.0. The summed E-state index contributed by atoms with van der Waals surface area (Å²) in [6, 6.07) is 16.5. The molecule has 0 aromatic heterocycles. The van der Waals surface area contributed by atoms with Crippen molar-refractivity contribution in [1.82, 2.24) is 5.32 Å². The highest BCUT2D eigenvalue weighted by Gasteiger charge is 2.30. The molecule has 4 nitrogen and oxygen atoms in total. The number of halogens is 4. The molecular formula is C23H18F4N2O2. The number of alkyl halides is 3. The highest BCUT2D eigenvalue weighted by atomic mass is 19.4. The number of amides is 2. The third-order valence-electron chi connectivity index (χ3n) is 4.40. The van der Waals surface area contributed by atoms with E-state index in [1.807, 2.05) is 0 Å². The summed E-state index contributed by atoms with van der Waals surface area (Å²) in [6.45, 7) is 0.137. The van der Waals surface area contributed by atoms with Crippen molar-refractivity contribution in [2.24, 2.45) is 0 Å². The summed E-state index contributed by atoms with van der Waals surface area (Å²) >= 11 is 0. The van der Waals surface area contributed by atoms with Gasteiger partial charge in [-0.3, -0.25) is 9.59 Å². The molecular weight excluding hydrogens is 412 g/mol. The third-order valence-corrected chi connectivity index (χ3v) is 4.40. The Hall–Kier alpha value is -3.68. The number of benzene rings is 3. The van der Waals surface area contributed by atoms with Crippen LogP contribution >= 0.6 is 0 Å². The molecule has 31 heavy (non-hydrogen) atoms. The number of carbonyl (C=O) groups excluding carboxylic acids is 2. The SMILES string of the molecule is O=C(Cc1cccc(C(F)(F)F)c1)NCc1cccc(NC(=O)c2ccc(F)cc2)c1. The summed E-state index contributed by atoms with van der Waals surface area (Å²) in [7, 11) is 0. The highest BCUT2D eigenvalue weighted by molar-refractivity contribution is 6.04. The number of carbonyl (C=O) groups is 2. The van der Waals surface area contributed by atoms with Crippen LogP contribution < -0.4 is 10.6 Å². The average Bonchev–Trinajstić information content (AvgIpc) is 2.72. The van der Waals surface area contributed by atoms with Crippen molar-refractivity contribution in [1.29, 1.82) is 0 Å². The normalized spacial score (nSPS) is 11.1. The number of rotatable bonds is 6. The van der Waals surface area contributed by atoms with E-state index in [1.54, 1.807) is 24.3 Å². The predicted molar refractivity (Wildman–Crippen MR) is 108 cm³/mol. The molecule has 0 heterocycles. The molecule has 0 spiro atoms. The van der Waals surface area contributed by atoms with Crippen molar-refractivity contribution >= 4 is 17.5 Å². The molecule has 0 fully saturated rings. The summed E-state index contributed by atoms with van der Waals surface area (Å²) < 4.78 is 51.3. The van der Waals surface area contributed by atoms with Gasteiger partial charge < -0.3 is 10.6 Å². The lowest BCUT2D eigenvalue weighted by Crippen LogP contribution is -2.24. The lowest BCUT2D eigenvalue weighted by molar-refractivity contribution is -0.137. The molecule has 0 aliphatic carbocycles. The summed E-state index contributed by atoms with van der Waals surface area (Å²) in [5.74, 6) is -1.29. The maximum absolute atomic E-state index is 13.0. The summed E-state index contributed by atoms with van der Waals surface area (Å²) in [5.41, 5.74) is 0.921. The maximum Gasteiger partial charge on any atom is 0.416 e. The van der Waals surface area contributed by atoms with Crippen LogP contribution in [0.1, 0.15) is 27.0 Å². The zero-order valence-corrected chi connectivity index (χ0v) is 16.2. The van der Waals surface area contributed by atoms with Crippen molar-refractivity contribution in [2.75, 3.05) is 5.32 Å². The Balaban J connectivity index is 1.57. The molecule has 0 saturated carbocycles. The molecule has 160 valence electrons. The quantitative estimate of drug-likeness (QED) is 0.544. The standard InChI is InChI=1S/C23H18F4N2O2/c24-19-9-7-17(8-10-19)22(31)29-20-6-2-4-16(12-20)14-28-21(30)13-15-3-1-5-18(11-15)23(25,26)27/h1-12H,13-14H2,(H,28,30)(H,29,31). The van der Waals surface area contributed by atoms with E-state index in [0.717, 1.165) is 12.1 Å². The van der Waals surface area contributed by atoms with Crippen LogP contribution in [0.15, 0.2) is 72.8 Å². The largest absolute Gasteiger partial charge is 0.416 e. The minimum absolute atomic E-state index is 0.137. The Morgan fingerprint density at radius 2 is 1.52 bits per heavy atom. The molecule has 3 aromatic carbocycles. The summed E-state index contributed by atoms with van der Waals surface area (Å²) in [4.78, 5) is 24.3. The molecule has 0 aliphatic rings. The van der Waals surface area contributed by atoms with Crippen LogP contribution in [0.4, 0.5) is 23.2 Å². The van der Waals surface area contributed by atoms with Crippen LogP contribution in [0.2, 0.25) is 0 Å². The molecule has 0 bridgehead atoms. The predicted octanol–water partition coefficient (Wildman–Crippen LogP) is 4.96. The summed E-state index contributed by atoms with van der Waals surface area (Å²) in [6.07, 6.45) is -4.66. The van der Waals surface area contributed by atoms with Crippen LogP contribution in [-0.2, 0) is 23.9 Å². The molecule has 3 rings (SSSR count). The average molecular weight is 430 g/mol. The molecule has 0 atom stereocenters. The van der Waals surface area contributed by atoms with Gasteiger partial charge >= 0.3 is 6.18 Å². The Bertz CT molecular complexity index is 1080. The Kier molecular flexibility index (Phi) is 6.69. The van der Waals surface area contributed by atoms with Gasteiger partial charge in [-0.05, 0) is 53.6 Å². The van der Waals surface area contributed by atoms with Gasteiger partial charge in [0.15, 0.2) is 0 Å². The van der Waals surface area contributed by atoms with E-state index in [2.05, 4.69) is 10.6 Å². The van der Waals surface area contributed by atoms with E-state index in [1.165, 1.54) is 36.4 Å². The fraction of sp³-hybridized carbons (Fsp3) is 0.130. The van der Waals surface area contributed by atoms with Gasteiger partial charge in [-0.1, -0.05) is 30.3 Å². The molecule has 8 heteroatoms. The molecule has 2 amide bonds. The molecule has 0 unspecified atom stereocenters. The number of hydrogen-bond donors (Lipinski definition) is 2. The van der Waals surface area contributed by atoms with Crippen LogP contribution in [0.3, 0.4) is 0 Å². The van der Waals surface area contributed by atoms with Gasteiger partial charge in [-0.25, -0.2) is 4.39 Å². The lowest BCUT2D eigenvalue weighted by atomic mass is 10.1. The van der Waals surface area contributed by atoms with Gasteiger partial charge in [0.25, 0.3) is 5.91 Å². The van der Waals surface area contributed by atoms with E-state index in [4.69, 9.17) is 0 Å². The van der Waals surface area contributed by atoms with Gasteiger partial charge in [-0.15, -0.1) is 0 Å². The van der Waals surface area contributed by atoms with E-state index in [0.29, 0.717) is 16.8 Å². The minimum atomic E-state index is -4.47. The first-order chi connectivity index (χ1) is 14.7. The maximum atomic E-state index is 13.0. The van der Waals surface area contributed by atoms with Gasteiger partial charge in [0.2, 0.25) is 5.91 Å². The Labute approximate surface area is 175 Å². The van der Waals surface area contributed by atoms with Crippen LogP contribution in [0.25, 0.3) is 0 Å².